The number of piperidine rings is 1. The molecule has 2 saturated heterocycles. The number of amides is 2. The van der Waals surface area contributed by atoms with Crippen LogP contribution in [0.15, 0.2) is 24.3 Å². The Morgan fingerprint density at radius 2 is 1.92 bits per heavy atom. The summed E-state index contributed by atoms with van der Waals surface area (Å²) in [5, 5.41) is 0. The first kappa shape index (κ1) is 17.6. The number of carbonyl (C=O) groups excluding carboxylic acids is 2. The number of hydrogen-bond donors (Lipinski definition) is 0. The maximum absolute atomic E-state index is 13.8. The van der Waals surface area contributed by atoms with Gasteiger partial charge in [-0.05, 0) is 30.4 Å². The third-order valence-corrected chi connectivity index (χ3v) is 7.79. The Morgan fingerprint density at radius 1 is 1.23 bits per heavy atom. The summed E-state index contributed by atoms with van der Waals surface area (Å²) >= 11 is 0. The first-order chi connectivity index (χ1) is 12.5. The highest BCUT2D eigenvalue weighted by molar-refractivity contribution is 7.87. The van der Waals surface area contributed by atoms with Crippen molar-refractivity contribution in [2.75, 3.05) is 25.4 Å². The van der Waals surface area contributed by atoms with E-state index >= 15 is 0 Å². The molecular weight excluding hydrogens is 355 g/mol. The average Bonchev–Trinajstić information content (AvgIpc) is 3.42. The molecule has 1 spiro atoms. The van der Waals surface area contributed by atoms with Gasteiger partial charge in [0.15, 0.2) is 0 Å². The van der Waals surface area contributed by atoms with Crippen molar-refractivity contribution in [1.82, 2.24) is 9.80 Å². The maximum atomic E-state index is 13.8. The zero-order chi connectivity index (χ0) is 18.3. The number of halogens is 1. The maximum Gasteiger partial charge on any atom is 0.236 e. The van der Waals surface area contributed by atoms with Crippen LogP contribution >= 0.6 is 0 Å². The van der Waals surface area contributed by atoms with Gasteiger partial charge in [0, 0.05) is 32.5 Å². The zero-order valence-corrected chi connectivity index (χ0v) is 15.5. The van der Waals surface area contributed by atoms with Crippen LogP contribution in [0.25, 0.3) is 0 Å². The number of rotatable bonds is 4. The molecule has 1 unspecified atom stereocenters. The average molecular weight is 378 g/mol. The van der Waals surface area contributed by atoms with Crippen LogP contribution in [0.5, 0.6) is 0 Å². The summed E-state index contributed by atoms with van der Waals surface area (Å²) in [4.78, 5) is 27.8. The molecule has 2 amide bonds. The van der Waals surface area contributed by atoms with Crippen LogP contribution in [0.2, 0.25) is 0 Å². The van der Waals surface area contributed by atoms with Gasteiger partial charge in [-0.1, -0.05) is 18.2 Å². The van der Waals surface area contributed by atoms with Gasteiger partial charge >= 0.3 is 0 Å². The van der Waals surface area contributed by atoms with Gasteiger partial charge in [-0.25, -0.2) is 4.39 Å². The molecule has 0 radical (unpaired) electrons. The first-order valence-electron chi connectivity index (χ1n) is 9.20. The standard InChI is InChI=1S/C19H23FN2O3S/c20-16-4-2-1-3-15(16)11-17(23)21-9-7-19(8-10-21)22(12-14-5-6-14)18(24)13-26(19)25/h1-4,14H,5-13H2. The monoisotopic (exact) mass is 378 g/mol. The van der Waals surface area contributed by atoms with Crippen molar-refractivity contribution in [1.29, 1.82) is 0 Å². The number of benzene rings is 1. The minimum absolute atomic E-state index is 0.0126. The van der Waals surface area contributed by atoms with Crippen LogP contribution in [0, 0.1) is 11.7 Å². The van der Waals surface area contributed by atoms with Crippen molar-refractivity contribution < 1.29 is 18.2 Å². The summed E-state index contributed by atoms with van der Waals surface area (Å²) in [7, 11) is -1.21. The largest absolute Gasteiger partial charge is 0.342 e. The van der Waals surface area contributed by atoms with Gasteiger partial charge in [-0.3, -0.25) is 13.8 Å². The minimum Gasteiger partial charge on any atom is -0.342 e. The lowest BCUT2D eigenvalue weighted by atomic mass is 10.0. The third-order valence-electron chi connectivity index (χ3n) is 5.81. The highest BCUT2D eigenvalue weighted by Crippen LogP contribution is 2.41. The van der Waals surface area contributed by atoms with E-state index in [1.165, 1.54) is 6.07 Å². The predicted molar refractivity (Wildman–Crippen MR) is 96.1 cm³/mol. The molecule has 26 heavy (non-hydrogen) atoms. The van der Waals surface area contributed by atoms with Gasteiger partial charge < -0.3 is 9.80 Å². The van der Waals surface area contributed by atoms with E-state index in [1.807, 2.05) is 4.90 Å². The molecule has 3 aliphatic rings. The lowest BCUT2D eigenvalue weighted by Gasteiger charge is -2.43. The van der Waals surface area contributed by atoms with E-state index in [-0.39, 0.29) is 29.8 Å². The fourth-order valence-electron chi connectivity index (χ4n) is 4.02. The van der Waals surface area contributed by atoms with Gasteiger partial charge in [-0.15, -0.1) is 0 Å². The molecule has 5 nitrogen and oxygen atoms in total. The van der Waals surface area contributed by atoms with E-state index in [1.54, 1.807) is 23.1 Å². The molecule has 1 atom stereocenters. The third kappa shape index (κ3) is 3.17. The lowest BCUT2D eigenvalue weighted by molar-refractivity contribution is -0.135. The van der Waals surface area contributed by atoms with Crippen LogP contribution in [-0.4, -0.2) is 56.1 Å². The normalized spacial score (nSPS) is 25.1. The summed E-state index contributed by atoms with van der Waals surface area (Å²) in [5.41, 5.74) is 0.396. The van der Waals surface area contributed by atoms with Gasteiger partial charge in [0.25, 0.3) is 0 Å². The van der Waals surface area contributed by atoms with Crippen molar-refractivity contribution in [3.8, 4) is 0 Å². The molecule has 7 heteroatoms. The SMILES string of the molecule is O=C(Cc1ccccc1F)N1CCC2(CC1)N(CC1CC1)C(=O)CS2=O. The van der Waals surface area contributed by atoms with Gasteiger partial charge in [0.1, 0.15) is 16.4 Å². The lowest BCUT2D eigenvalue weighted by Crippen LogP contribution is -2.56. The fourth-order valence-corrected chi connectivity index (χ4v) is 5.73. The fraction of sp³-hybridized carbons (Fsp3) is 0.579. The molecule has 1 saturated carbocycles. The van der Waals surface area contributed by atoms with Crippen LogP contribution < -0.4 is 0 Å². The summed E-state index contributed by atoms with van der Waals surface area (Å²) < 4.78 is 26.5. The Bertz CT molecular complexity index is 757. The Labute approximate surface area is 155 Å². The summed E-state index contributed by atoms with van der Waals surface area (Å²) in [6.45, 7) is 1.63. The molecule has 3 fully saturated rings. The zero-order valence-electron chi connectivity index (χ0n) is 14.7. The minimum atomic E-state index is -1.21. The van der Waals surface area contributed by atoms with Crippen LogP contribution in [-0.2, 0) is 26.8 Å². The Hall–Kier alpha value is -1.76. The van der Waals surface area contributed by atoms with Crippen LogP contribution in [0.3, 0.4) is 0 Å². The van der Waals surface area contributed by atoms with Gasteiger partial charge in [0.05, 0.1) is 17.2 Å². The molecule has 0 N–H and O–H groups in total. The highest BCUT2D eigenvalue weighted by atomic mass is 32.2. The first-order valence-corrected chi connectivity index (χ1v) is 10.5. The van der Waals surface area contributed by atoms with Gasteiger partial charge in [0.2, 0.25) is 11.8 Å². The molecule has 0 bridgehead atoms. The molecule has 0 aromatic heterocycles. The van der Waals surface area contributed by atoms with Crippen molar-refractivity contribution in [3.63, 3.8) is 0 Å². The second-order valence-electron chi connectivity index (χ2n) is 7.53. The van der Waals surface area contributed by atoms with E-state index in [2.05, 4.69) is 0 Å². The van der Waals surface area contributed by atoms with Crippen molar-refractivity contribution in [2.45, 2.75) is 37.0 Å². The Morgan fingerprint density at radius 3 is 2.58 bits per heavy atom. The van der Waals surface area contributed by atoms with E-state index in [0.717, 1.165) is 12.8 Å². The second kappa shape index (κ2) is 6.76. The molecule has 1 aliphatic carbocycles. The van der Waals surface area contributed by atoms with E-state index in [9.17, 15) is 18.2 Å². The smallest absolute Gasteiger partial charge is 0.236 e. The van der Waals surface area contributed by atoms with Crippen molar-refractivity contribution >= 4 is 22.6 Å². The van der Waals surface area contributed by atoms with Gasteiger partial charge in [-0.2, -0.15) is 0 Å². The molecule has 140 valence electrons. The topological polar surface area (TPSA) is 57.7 Å². The number of carbonyl (C=O) groups is 2. The summed E-state index contributed by atoms with van der Waals surface area (Å²) in [6.07, 6.45) is 3.40. The molecule has 4 rings (SSSR count). The quantitative estimate of drug-likeness (QED) is 0.801. The van der Waals surface area contributed by atoms with Crippen molar-refractivity contribution in [2.24, 2.45) is 5.92 Å². The second-order valence-corrected chi connectivity index (χ2v) is 9.27. The molecule has 1 aromatic carbocycles. The molecule has 2 aliphatic heterocycles. The van der Waals surface area contributed by atoms with E-state index < -0.39 is 15.7 Å². The Balaban J connectivity index is 1.42. The Kier molecular flexibility index (Phi) is 4.59. The highest BCUT2D eigenvalue weighted by Gasteiger charge is 2.54. The predicted octanol–water partition coefficient (Wildman–Crippen LogP) is 1.69. The summed E-state index contributed by atoms with van der Waals surface area (Å²) in [5.74, 6) is 0.157. The number of nitrogens with zero attached hydrogens (tertiary/aromatic N) is 2. The van der Waals surface area contributed by atoms with E-state index in [0.29, 0.717) is 44.0 Å². The molecule has 2 heterocycles. The number of likely N-dealkylation sites (tertiary alicyclic amines) is 1. The van der Waals surface area contributed by atoms with Crippen molar-refractivity contribution in [3.05, 3.63) is 35.6 Å². The number of hydrogen-bond acceptors (Lipinski definition) is 3. The van der Waals surface area contributed by atoms with Crippen LogP contribution in [0.1, 0.15) is 31.2 Å². The molecular formula is C19H23FN2O3S. The molecule has 1 aromatic rings. The summed E-state index contributed by atoms with van der Waals surface area (Å²) in [6, 6.07) is 6.31. The van der Waals surface area contributed by atoms with E-state index in [4.69, 9.17) is 0 Å². The van der Waals surface area contributed by atoms with Crippen LogP contribution in [0.4, 0.5) is 4.39 Å².